The van der Waals surface area contributed by atoms with Crippen molar-refractivity contribution in [1.29, 1.82) is 0 Å². The van der Waals surface area contributed by atoms with Crippen molar-refractivity contribution >= 4 is 10.0 Å². The first-order valence-corrected chi connectivity index (χ1v) is 9.01. The predicted octanol–water partition coefficient (Wildman–Crippen LogP) is 2.12. The third-order valence-corrected chi connectivity index (χ3v) is 6.18. The van der Waals surface area contributed by atoms with Crippen molar-refractivity contribution in [2.75, 3.05) is 18.8 Å². The number of sulfonamides is 1. The van der Waals surface area contributed by atoms with Crippen LogP contribution in [0.5, 0.6) is 0 Å². The van der Waals surface area contributed by atoms with Gasteiger partial charge in [0.05, 0.1) is 5.75 Å². The Morgan fingerprint density at radius 3 is 2.05 bits per heavy atom. The molecular formula is C14H30N2O2S. The fourth-order valence-electron chi connectivity index (χ4n) is 2.57. The average molecular weight is 290 g/mol. The Balaban J connectivity index is 2.27. The van der Waals surface area contributed by atoms with Crippen LogP contribution in [0.4, 0.5) is 0 Å². The molecule has 2 N–H and O–H groups in total. The summed E-state index contributed by atoms with van der Waals surface area (Å²) in [6.07, 6.45) is 2.75. The summed E-state index contributed by atoms with van der Waals surface area (Å²) in [6.45, 7) is 12.5. The smallest absolute Gasteiger partial charge is 0.211 e. The molecule has 0 spiro atoms. The Morgan fingerprint density at radius 1 is 1.00 bits per heavy atom. The van der Waals surface area contributed by atoms with Gasteiger partial charge in [-0.2, -0.15) is 0 Å². The van der Waals surface area contributed by atoms with E-state index in [1.807, 2.05) is 0 Å². The lowest BCUT2D eigenvalue weighted by atomic mass is 10.0. The minimum absolute atomic E-state index is 0.0583. The van der Waals surface area contributed by atoms with E-state index < -0.39 is 10.0 Å². The Kier molecular flexibility index (Phi) is 5.43. The molecule has 0 aromatic heterocycles. The molecule has 1 aliphatic rings. The molecule has 1 aliphatic carbocycles. The molecule has 0 amide bonds. The Bertz CT molecular complexity index is 374. The maximum absolute atomic E-state index is 12.0. The zero-order chi connectivity index (χ0) is 14.7. The number of nitrogens with one attached hydrogen (secondary N) is 2. The Morgan fingerprint density at radius 2 is 1.58 bits per heavy atom. The van der Waals surface area contributed by atoms with Crippen molar-refractivity contribution in [3.63, 3.8) is 0 Å². The molecule has 114 valence electrons. The summed E-state index contributed by atoms with van der Waals surface area (Å²) in [5.74, 6) is 0.240. The van der Waals surface area contributed by atoms with E-state index in [9.17, 15) is 8.42 Å². The number of hydrogen-bond donors (Lipinski definition) is 2. The molecule has 0 atom stereocenters. The van der Waals surface area contributed by atoms with Gasteiger partial charge in [0.2, 0.25) is 10.0 Å². The summed E-state index contributed by atoms with van der Waals surface area (Å²) in [7, 11) is -3.13. The first-order chi connectivity index (χ1) is 8.65. The lowest BCUT2D eigenvalue weighted by molar-refractivity contribution is 0.457. The highest BCUT2D eigenvalue weighted by Crippen LogP contribution is 2.62. The third-order valence-electron chi connectivity index (χ3n) is 4.76. The molecule has 0 heterocycles. The average Bonchev–Trinajstić information content (AvgIpc) is 2.66. The third kappa shape index (κ3) is 4.17. The van der Waals surface area contributed by atoms with Gasteiger partial charge in [0.25, 0.3) is 0 Å². The molecule has 19 heavy (non-hydrogen) atoms. The van der Waals surface area contributed by atoms with Crippen LogP contribution in [0.1, 0.15) is 53.9 Å². The minimum Gasteiger partial charge on any atom is -0.317 e. The van der Waals surface area contributed by atoms with Crippen molar-refractivity contribution < 1.29 is 8.42 Å². The van der Waals surface area contributed by atoms with E-state index in [4.69, 9.17) is 0 Å². The van der Waals surface area contributed by atoms with Crippen LogP contribution in [0.25, 0.3) is 0 Å². The van der Waals surface area contributed by atoms with Gasteiger partial charge in [-0.25, -0.2) is 13.1 Å². The van der Waals surface area contributed by atoms with Gasteiger partial charge in [-0.3, -0.25) is 0 Å². The topological polar surface area (TPSA) is 58.2 Å². The van der Waals surface area contributed by atoms with E-state index in [1.54, 1.807) is 0 Å². The van der Waals surface area contributed by atoms with Crippen LogP contribution in [0, 0.1) is 10.8 Å². The monoisotopic (exact) mass is 290 g/mol. The molecule has 0 radical (unpaired) electrons. The predicted molar refractivity (Wildman–Crippen MR) is 80.7 cm³/mol. The fraction of sp³-hybridized carbons (Fsp3) is 1.00. The fourth-order valence-corrected chi connectivity index (χ4v) is 4.22. The second kappa shape index (κ2) is 6.10. The standard InChI is InChI=1S/C14H30N2O2S/c1-6-9-15-10-7-8-11-19(17,18)16-12-13(2,3)14(12,4)5/h12,15-16H,6-11H2,1-5H3. The first kappa shape index (κ1) is 16.9. The van der Waals surface area contributed by atoms with Crippen molar-refractivity contribution in [2.24, 2.45) is 10.8 Å². The summed E-state index contributed by atoms with van der Waals surface area (Å²) in [5.41, 5.74) is 0.117. The maximum atomic E-state index is 12.0. The van der Waals surface area contributed by atoms with E-state index >= 15 is 0 Å². The van der Waals surface area contributed by atoms with E-state index in [-0.39, 0.29) is 22.6 Å². The molecule has 0 aromatic carbocycles. The van der Waals surface area contributed by atoms with Crippen LogP contribution in [0.2, 0.25) is 0 Å². The zero-order valence-corrected chi connectivity index (χ0v) is 13.9. The van der Waals surface area contributed by atoms with Crippen molar-refractivity contribution in [3.8, 4) is 0 Å². The SMILES string of the molecule is CCCNCCCCS(=O)(=O)NC1C(C)(C)C1(C)C. The Hall–Kier alpha value is -0.130. The van der Waals surface area contributed by atoms with E-state index in [0.717, 1.165) is 32.4 Å². The quantitative estimate of drug-likeness (QED) is 0.640. The van der Waals surface area contributed by atoms with Crippen LogP contribution in [-0.2, 0) is 10.0 Å². The van der Waals surface area contributed by atoms with E-state index in [1.165, 1.54) is 0 Å². The number of rotatable bonds is 9. The lowest BCUT2D eigenvalue weighted by Gasteiger charge is -2.08. The van der Waals surface area contributed by atoms with Gasteiger partial charge in [-0.05, 0) is 43.2 Å². The molecule has 0 saturated heterocycles. The lowest BCUT2D eigenvalue weighted by Crippen LogP contribution is -2.32. The second-order valence-corrected chi connectivity index (χ2v) is 8.64. The van der Waals surface area contributed by atoms with Crippen LogP contribution < -0.4 is 10.0 Å². The molecule has 1 saturated carbocycles. The van der Waals surface area contributed by atoms with Crippen molar-refractivity contribution in [2.45, 2.75) is 59.9 Å². The maximum Gasteiger partial charge on any atom is 0.211 e. The van der Waals surface area contributed by atoms with Crippen LogP contribution in [-0.4, -0.2) is 33.3 Å². The minimum atomic E-state index is -3.13. The molecule has 5 heteroatoms. The molecule has 1 rings (SSSR count). The van der Waals surface area contributed by atoms with Gasteiger partial charge in [0.1, 0.15) is 0 Å². The second-order valence-electron chi connectivity index (χ2n) is 6.77. The molecular weight excluding hydrogens is 260 g/mol. The highest BCUT2D eigenvalue weighted by Gasteiger charge is 2.65. The van der Waals surface area contributed by atoms with E-state index in [0.29, 0.717) is 0 Å². The zero-order valence-electron chi connectivity index (χ0n) is 13.0. The first-order valence-electron chi connectivity index (χ1n) is 7.36. The van der Waals surface area contributed by atoms with Gasteiger partial charge in [0, 0.05) is 6.04 Å². The van der Waals surface area contributed by atoms with Gasteiger partial charge >= 0.3 is 0 Å². The molecule has 0 bridgehead atoms. The molecule has 0 aliphatic heterocycles. The summed E-state index contributed by atoms with van der Waals surface area (Å²) >= 11 is 0. The van der Waals surface area contributed by atoms with Crippen molar-refractivity contribution in [1.82, 2.24) is 10.0 Å². The van der Waals surface area contributed by atoms with Gasteiger partial charge in [-0.1, -0.05) is 34.6 Å². The summed E-state index contributed by atoms with van der Waals surface area (Å²) in [4.78, 5) is 0. The molecule has 0 aromatic rings. The number of hydrogen-bond acceptors (Lipinski definition) is 3. The molecule has 0 unspecified atom stereocenters. The molecule has 1 fully saturated rings. The van der Waals surface area contributed by atoms with Crippen LogP contribution in [0.15, 0.2) is 0 Å². The van der Waals surface area contributed by atoms with Gasteiger partial charge in [-0.15, -0.1) is 0 Å². The highest BCUT2D eigenvalue weighted by atomic mass is 32.2. The largest absolute Gasteiger partial charge is 0.317 e. The van der Waals surface area contributed by atoms with E-state index in [2.05, 4.69) is 44.7 Å². The molecule has 4 nitrogen and oxygen atoms in total. The summed E-state index contributed by atoms with van der Waals surface area (Å²) in [5, 5.41) is 3.29. The summed E-state index contributed by atoms with van der Waals surface area (Å²) in [6, 6.07) is 0.0724. The van der Waals surface area contributed by atoms with Gasteiger partial charge in [0.15, 0.2) is 0 Å². The number of unbranched alkanes of at least 4 members (excludes halogenated alkanes) is 1. The summed E-state index contributed by atoms with van der Waals surface area (Å²) < 4.78 is 26.9. The van der Waals surface area contributed by atoms with Crippen molar-refractivity contribution in [3.05, 3.63) is 0 Å². The van der Waals surface area contributed by atoms with Crippen LogP contribution in [0.3, 0.4) is 0 Å². The highest BCUT2D eigenvalue weighted by molar-refractivity contribution is 7.89. The normalized spacial score (nSPS) is 21.5. The Labute approximate surface area is 118 Å². The van der Waals surface area contributed by atoms with Crippen LogP contribution >= 0.6 is 0 Å². The van der Waals surface area contributed by atoms with Gasteiger partial charge < -0.3 is 5.32 Å².